The van der Waals surface area contributed by atoms with Crippen LogP contribution in [-0.2, 0) is 4.79 Å². The van der Waals surface area contributed by atoms with Gasteiger partial charge in [0.15, 0.2) is 5.65 Å². The van der Waals surface area contributed by atoms with Gasteiger partial charge in [-0.1, -0.05) is 49.6 Å². The van der Waals surface area contributed by atoms with Crippen LogP contribution >= 0.6 is 0 Å². The van der Waals surface area contributed by atoms with Crippen molar-refractivity contribution in [2.24, 2.45) is 0 Å². The van der Waals surface area contributed by atoms with E-state index in [2.05, 4.69) is 15.7 Å². The lowest BCUT2D eigenvalue weighted by Crippen LogP contribution is -2.48. The van der Waals surface area contributed by atoms with E-state index in [1.807, 2.05) is 48.9 Å². The van der Waals surface area contributed by atoms with E-state index in [4.69, 9.17) is 4.98 Å². The molecule has 9 nitrogen and oxygen atoms in total. The molecule has 4 amide bonds. The summed E-state index contributed by atoms with van der Waals surface area (Å²) < 4.78 is 1.82. The number of benzene rings is 1. The Hall–Kier alpha value is -3.75. The van der Waals surface area contributed by atoms with Crippen LogP contribution in [0.15, 0.2) is 42.6 Å². The molecular formula is C27H32N6O3. The molecule has 1 saturated heterocycles. The zero-order valence-corrected chi connectivity index (χ0v) is 20.8. The van der Waals surface area contributed by atoms with Crippen molar-refractivity contribution in [1.29, 1.82) is 0 Å². The first-order valence-electron chi connectivity index (χ1n) is 12.8. The molecule has 1 aliphatic heterocycles. The van der Waals surface area contributed by atoms with E-state index in [-0.39, 0.29) is 30.4 Å². The summed E-state index contributed by atoms with van der Waals surface area (Å²) in [6.45, 7) is 4.66. The van der Waals surface area contributed by atoms with E-state index in [1.54, 1.807) is 12.3 Å². The van der Waals surface area contributed by atoms with Crippen LogP contribution in [0, 0.1) is 0 Å². The maximum absolute atomic E-state index is 13.3. The summed E-state index contributed by atoms with van der Waals surface area (Å²) in [6.07, 6.45) is 6.58. The van der Waals surface area contributed by atoms with E-state index >= 15 is 0 Å². The molecular weight excluding hydrogens is 456 g/mol. The lowest BCUT2D eigenvalue weighted by atomic mass is 9.82. The van der Waals surface area contributed by atoms with Crippen LogP contribution in [0.1, 0.15) is 68.8 Å². The number of nitrogens with zero attached hydrogens (tertiary/aromatic N) is 4. The zero-order chi connectivity index (χ0) is 25.3. The zero-order valence-electron chi connectivity index (χ0n) is 20.8. The number of fused-ring (bicyclic) bond motifs is 1. The Morgan fingerprint density at radius 2 is 1.89 bits per heavy atom. The maximum Gasteiger partial charge on any atom is 0.325 e. The van der Waals surface area contributed by atoms with Crippen LogP contribution < -0.4 is 10.6 Å². The van der Waals surface area contributed by atoms with E-state index in [0.29, 0.717) is 48.1 Å². The standard InChI is InChI=1S/C27H32N6O3/c1-18(2)33-23-21(17-29-33)20(16-22(30-23)19-10-5-3-6-11-19)24(34)28-14-9-15-32-25(35)27(31-26(32)36)12-7-4-8-13-27/h3,5-6,10-11,16-18H,4,7-9,12-15H2,1-2H3,(H,28,34)(H,31,36). The molecule has 2 aliphatic rings. The predicted octanol–water partition coefficient (Wildman–Crippen LogP) is 4.05. The highest BCUT2D eigenvalue weighted by Gasteiger charge is 2.50. The molecule has 1 saturated carbocycles. The Kier molecular flexibility index (Phi) is 6.47. The first-order valence-corrected chi connectivity index (χ1v) is 12.8. The van der Waals surface area contributed by atoms with Crippen molar-refractivity contribution in [3.63, 3.8) is 0 Å². The Morgan fingerprint density at radius 1 is 1.14 bits per heavy atom. The molecule has 0 atom stereocenters. The summed E-state index contributed by atoms with van der Waals surface area (Å²) in [5.74, 6) is -0.355. The number of imide groups is 1. The van der Waals surface area contributed by atoms with Gasteiger partial charge >= 0.3 is 6.03 Å². The van der Waals surface area contributed by atoms with Crippen molar-refractivity contribution in [2.45, 2.75) is 64.0 Å². The second-order valence-corrected chi connectivity index (χ2v) is 9.98. The monoisotopic (exact) mass is 488 g/mol. The summed E-state index contributed by atoms with van der Waals surface area (Å²) in [7, 11) is 0. The number of hydrogen-bond acceptors (Lipinski definition) is 5. The van der Waals surface area contributed by atoms with Crippen molar-refractivity contribution in [1.82, 2.24) is 30.3 Å². The number of carbonyl (C=O) groups is 3. The van der Waals surface area contributed by atoms with Gasteiger partial charge in [0.1, 0.15) is 5.54 Å². The normalized spacial score (nSPS) is 17.2. The molecule has 1 aromatic carbocycles. The molecule has 0 unspecified atom stereocenters. The van der Waals surface area contributed by atoms with Gasteiger partial charge in [-0.3, -0.25) is 14.5 Å². The fourth-order valence-corrected chi connectivity index (χ4v) is 5.25. The summed E-state index contributed by atoms with van der Waals surface area (Å²) in [6, 6.07) is 11.3. The third kappa shape index (κ3) is 4.34. The largest absolute Gasteiger partial charge is 0.352 e. The van der Waals surface area contributed by atoms with Crippen LogP contribution in [0.2, 0.25) is 0 Å². The quantitative estimate of drug-likeness (QED) is 0.385. The van der Waals surface area contributed by atoms with Crippen molar-refractivity contribution in [3.8, 4) is 11.3 Å². The second-order valence-electron chi connectivity index (χ2n) is 9.98. The summed E-state index contributed by atoms with van der Waals surface area (Å²) in [4.78, 5) is 44.8. The smallest absolute Gasteiger partial charge is 0.325 e. The van der Waals surface area contributed by atoms with Crippen LogP contribution in [0.5, 0.6) is 0 Å². The average Bonchev–Trinajstić information content (AvgIpc) is 3.41. The lowest BCUT2D eigenvalue weighted by molar-refractivity contribution is -0.132. The molecule has 2 aromatic heterocycles. The van der Waals surface area contributed by atoms with Gasteiger partial charge in [0.05, 0.1) is 22.8 Å². The number of urea groups is 1. The van der Waals surface area contributed by atoms with Gasteiger partial charge < -0.3 is 10.6 Å². The highest BCUT2D eigenvalue weighted by molar-refractivity contribution is 6.07. The first kappa shape index (κ1) is 24.0. The van der Waals surface area contributed by atoms with E-state index in [9.17, 15) is 14.4 Å². The minimum atomic E-state index is -0.717. The Morgan fingerprint density at radius 3 is 2.61 bits per heavy atom. The van der Waals surface area contributed by atoms with E-state index in [1.165, 1.54) is 4.90 Å². The summed E-state index contributed by atoms with van der Waals surface area (Å²) in [5.41, 5.74) is 2.06. The van der Waals surface area contributed by atoms with Gasteiger partial charge in [0, 0.05) is 24.7 Å². The van der Waals surface area contributed by atoms with E-state index < -0.39 is 5.54 Å². The molecule has 0 radical (unpaired) electrons. The Labute approximate surface area is 210 Å². The molecule has 0 bridgehead atoms. The molecule has 9 heteroatoms. The number of rotatable bonds is 7. The number of hydrogen-bond donors (Lipinski definition) is 2. The van der Waals surface area contributed by atoms with Crippen LogP contribution in [0.4, 0.5) is 4.79 Å². The molecule has 188 valence electrons. The average molecular weight is 489 g/mol. The van der Waals surface area contributed by atoms with Crippen LogP contribution in [-0.4, -0.2) is 56.1 Å². The van der Waals surface area contributed by atoms with Gasteiger partial charge in [-0.2, -0.15) is 5.10 Å². The summed E-state index contributed by atoms with van der Waals surface area (Å²) in [5, 5.41) is 11.0. The highest BCUT2D eigenvalue weighted by atomic mass is 16.2. The molecule has 36 heavy (non-hydrogen) atoms. The SMILES string of the molecule is CC(C)n1ncc2c(C(=O)NCCCN3C(=O)NC4(CCCCC4)C3=O)cc(-c3ccccc3)nc21. The van der Waals surface area contributed by atoms with Crippen molar-refractivity contribution < 1.29 is 14.4 Å². The molecule has 2 N–H and O–H groups in total. The number of aromatic nitrogens is 3. The molecule has 3 aromatic rings. The van der Waals surface area contributed by atoms with Gasteiger partial charge in [-0.05, 0) is 39.2 Å². The fourth-order valence-electron chi connectivity index (χ4n) is 5.25. The van der Waals surface area contributed by atoms with E-state index in [0.717, 1.165) is 24.8 Å². The van der Waals surface area contributed by atoms with Crippen molar-refractivity contribution in [2.75, 3.05) is 13.1 Å². The number of carbonyl (C=O) groups excluding carboxylic acids is 3. The number of pyridine rings is 1. The fraction of sp³-hybridized carbons (Fsp3) is 0.444. The van der Waals surface area contributed by atoms with Gasteiger partial charge in [-0.25, -0.2) is 14.5 Å². The van der Waals surface area contributed by atoms with Crippen LogP contribution in [0.3, 0.4) is 0 Å². The first-order chi connectivity index (χ1) is 17.4. The van der Waals surface area contributed by atoms with Gasteiger partial charge in [0.2, 0.25) is 0 Å². The molecule has 5 rings (SSSR count). The van der Waals surface area contributed by atoms with Crippen molar-refractivity contribution >= 4 is 28.9 Å². The predicted molar refractivity (Wildman–Crippen MR) is 136 cm³/mol. The number of nitrogens with one attached hydrogen (secondary N) is 2. The minimum absolute atomic E-state index is 0.0912. The van der Waals surface area contributed by atoms with Crippen LogP contribution in [0.25, 0.3) is 22.3 Å². The summed E-state index contributed by atoms with van der Waals surface area (Å²) >= 11 is 0. The maximum atomic E-state index is 13.3. The molecule has 1 spiro atoms. The van der Waals surface area contributed by atoms with Gasteiger partial charge in [0.25, 0.3) is 11.8 Å². The highest BCUT2D eigenvalue weighted by Crippen LogP contribution is 2.33. The lowest BCUT2D eigenvalue weighted by Gasteiger charge is -2.30. The Bertz CT molecular complexity index is 1290. The third-order valence-electron chi connectivity index (χ3n) is 7.17. The minimum Gasteiger partial charge on any atom is -0.352 e. The third-order valence-corrected chi connectivity index (χ3v) is 7.17. The second kappa shape index (κ2) is 9.72. The molecule has 1 aliphatic carbocycles. The number of amides is 4. The van der Waals surface area contributed by atoms with Gasteiger partial charge in [-0.15, -0.1) is 0 Å². The molecule has 3 heterocycles. The topological polar surface area (TPSA) is 109 Å². The Balaban J connectivity index is 1.29. The van der Waals surface area contributed by atoms with Crippen molar-refractivity contribution in [3.05, 3.63) is 48.2 Å². The molecule has 2 fully saturated rings.